The van der Waals surface area contributed by atoms with E-state index in [0.29, 0.717) is 16.3 Å². The lowest BCUT2D eigenvalue weighted by atomic mass is 9.77. The first-order valence-corrected chi connectivity index (χ1v) is 6.46. The lowest BCUT2D eigenvalue weighted by molar-refractivity contribution is 0.306. The van der Waals surface area contributed by atoms with Gasteiger partial charge in [-0.1, -0.05) is 35.3 Å². The van der Waals surface area contributed by atoms with Crippen molar-refractivity contribution in [1.82, 2.24) is 0 Å². The number of ether oxygens (including phenoxy) is 1. The monoisotopic (exact) mass is 314 g/mol. The molecule has 0 unspecified atom stereocenters. The first kappa shape index (κ1) is 15.1. The zero-order valence-corrected chi connectivity index (χ0v) is 11.7. The third-order valence-electron chi connectivity index (χ3n) is 2.69. The minimum absolute atomic E-state index is 0.00724. The summed E-state index contributed by atoms with van der Waals surface area (Å²) in [6.45, 7) is 0.00724. The van der Waals surface area contributed by atoms with Crippen LogP contribution in [-0.4, -0.2) is 17.2 Å². The SMILES string of the molecule is OB(O)c1cc(F)ccc1COc1cccc(Cl)c1Cl. The molecule has 2 N–H and O–H groups in total. The molecule has 0 heterocycles. The molecule has 0 aliphatic heterocycles. The van der Waals surface area contributed by atoms with Gasteiger partial charge in [-0.25, -0.2) is 4.39 Å². The fraction of sp³-hybridized carbons (Fsp3) is 0.0769. The largest absolute Gasteiger partial charge is 0.488 e. The van der Waals surface area contributed by atoms with Crippen LogP contribution in [0.2, 0.25) is 10.0 Å². The third-order valence-corrected chi connectivity index (χ3v) is 3.49. The van der Waals surface area contributed by atoms with Crippen LogP contribution in [0.1, 0.15) is 5.56 Å². The molecular weight excluding hydrogens is 305 g/mol. The van der Waals surface area contributed by atoms with Gasteiger partial charge in [-0.05, 0) is 35.3 Å². The van der Waals surface area contributed by atoms with Crippen LogP contribution >= 0.6 is 23.2 Å². The highest BCUT2D eigenvalue weighted by Crippen LogP contribution is 2.31. The number of hydrogen-bond acceptors (Lipinski definition) is 3. The Balaban J connectivity index is 2.21. The van der Waals surface area contributed by atoms with Crippen molar-refractivity contribution in [3.05, 3.63) is 57.8 Å². The number of halogens is 3. The molecule has 2 aromatic carbocycles. The minimum atomic E-state index is -1.78. The highest BCUT2D eigenvalue weighted by molar-refractivity contribution is 6.59. The van der Waals surface area contributed by atoms with E-state index >= 15 is 0 Å². The molecule has 2 aromatic rings. The predicted octanol–water partition coefficient (Wildman–Crippen LogP) is 2.39. The Hall–Kier alpha value is -1.27. The van der Waals surface area contributed by atoms with Crippen LogP contribution in [0.3, 0.4) is 0 Å². The molecule has 104 valence electrons. The Labute approximate surface area is 125 Å². The Morgan fingerprint density at radius 2 is 1.90 bits per heavy atom. The molecule has 0 aliphatic carbocycles. The van der Waals surface area contributed by atoms with Crippen molar-refractivity contribution in [1.29, 1.82) is 0 Å². The molecule has 0 saturated carbocycles. The van der Waals surface area contributed by atoms with Crippen LogP contribution in [0.5, 0.6) is 5.75 Å². The Bertz CT molecular complexity index is 623. The van der Waals surface area contributed by atoms with Crippen LogP contribution in [0.25, 0.3) is 0 Å². The van der Waals surface area contributed by atoms with Gasteiger partial charge in [-0.15, -0.1) is 0 Å². The minimum Gasteiger partial charge on any atom is -0.487 e. The fourth-order valence-electron chi connectivity index (χ4n) is 1.69. The van der Waals surface area contributed by atoms with Crippen LogP contribution in [0.15, 0.2) is 36.4 Å². The summed E-state index contributed by atoms with van der Waals surface area (Å²) in [7, 11) is -1.78. The van der Waals surface area contributed by atoms with Gasteiger partial charge < -0.3 is 14.8 Å². The van der Waals surface area contributed by atoms with Crippen molar-refractivity contribution < 1.29 is 19.2 Å². The second kappa shape index (κ2) is 6.46. The van der Waals surface area contributed by atoms with Crippen molar-refractivity contribution in [2.24, 2.45) is 0 Å². The number of benzene rings is 2. The molecule has 0 spiro atoms. The maximum Gasteiger partial charge on any atom is 0.488 e. The van der Waals surface area contributed by atoms with Gasteiger partial charge >= 0.3 is 7.12 Å². The van der Waals surface area contributed by atoms with Gasteiger partial charge in [0.25, 0.3) is 0 Å². The Morgan fingerprint density at radius 3 is 2.60 bits per heavy atom. The van der Waals surface area contributed by atoms with Gasteiger partial charge in [-0.3, -0.25) is 0 Å². The lowest BCUT2D eigenvalue weighted by Crippen LogP contribution is -2.34. The van der Waals surface area contributed by atoms with Crippen LogP contribution in [-0.2, 0) is 6.61 Å². The van der Waals surface area contributed by atoms with Gasteiger partial charge in [0.1, 0.15) is 23.2 Å². The van der Waals surface area contributed by atoms with E-state index in [1.807, 2.05) is 0 Å². The second-order valence-corrected chi connectivity index (χ2v) is 4.84. The maximum atomic E-state index is 13.1. The van der Waals surface area contributed by atoms with E-state index in [4.69, 9.17) is 27.9 Å². The van der Waals surface area contributed by atoms with Crippen molar-refractivity contribution >= 4 is 35.8 Å². The van der Waals surface area contributed by atoms with Gasteiger partial charge in [-0.2, -0.15) is 0 Å². The summed E-state index contributed by atoms with van der Waals surface area (Å²) in [6, 6.07) is 8.61. The maximum absolute atomic E-state index is 13.1. The topological polar surface area (TPSA) is 49.7 Å². The summed E-state index contributed by atoms with van der Waals surface area (Å²) in [4.78, 5) is 0. The second-order valence-electron chi connectivity index (χ2n) is 4.06. The van der Waals surface area contributed by atoms with E-state index in [-0.39, 0.29) is 17.1 Å². The van der Waals surface area contributed by atoms with Crippen LogP contribution in [0.4, 0.5) is 4.39 Å². The molecule has 7 heteroatoms. The van der Waals surface area contributed by atoms with Crippen molar-refractivity contribution in [2.45, 2.75) is 6.61 Å². The van der Waals surface area contributed by atoms with Crippen LogP contribution in [0, 0.1) is 5.82 Å². The smallest absolute Gasteiger partial charge is 0.487 e. The molecule has 0 radical (unpaired) electrons. The van der Waals surface area contributed by atoms with Gasteiger partial charge in [0, 0.05) is 0 Å². The summed E-state index contributed by atoms with van der Waals surface area (Å²) in [5, 5.41) is 19.0. The van der Waals surface area contributed by atoms with Crippen molar-refractivity contribution in [3.8, 4) is 5.75 Å². The molecule has 0 amide bonds. The summed E-state index contributed by atoms with van der Waals surface area (Å²) in [5.41, 5.74) is 0.487. The summed E-state index contributed by atoms with van der Waals surface area (Å²) >= 11 is 11.8. The third kappa shape index (κ3) is 3.43. The molecule has 0 atom stereocenters. The molecule has 0 bridgehead atoms. The van der Waals surface area contributed by atoms with E-state index in [2.05, 4.69) is 0 Å². The van der Waals surface area contributed by atoms with E-state index in [9.17, 15) is 14.4 Å². The zero-order chi connectivity index (χ0) is 14.7. The molecule has 2 rings (SSSR count). The summed E-state index contributed by atoms with van der Waals surface area (Å²) in [6.07, 6.45) is 0. The fourth-order valence-corrected chi connectivity index (χ4v) is 2.03. The Morgan fingerprint density at radius 1 is 1.15 bits per heavy atom. The van der Waals surface area contributed by atoms with Crippen LogP contribution < -0.4 is 10.2 Å². The van der Waals surface area contributed by atoms with Gasteiger partial charge in [0.05, 0.1) is 5.02 Å². The van der Waals surface area contributed by atoms with E-state index in [0.717, 1.165) is 6.07 Å². The summed E-state index contributed by atoms with van der Waals surface area (Å²) < 4.78 is 18.6. The normalized spacial score (nSPS) is 10.4. The van der Waals surface area contributed by atoms with Crippen molar-refractivity contribution in [3.63, 3.8) is 0 Å². The van der Waals surface area contributed by atoms with E-state index in [1.165, 1.54) is 12.1 Å². The molecule has 0 saturated heterocycles. The summed E-state index contributed by atoms with van der Waals surface area (Å²) in [5.74, 6) is -0.195. The van der Waals surface area contributed by atoms with Gasteiger partial charge in [0.2, 0.25) is 0 Å². The predicted molar refractivity (Wildman–Crippen MR) is 77.0 cm³/mol. The van der Waals surface area contributed by atoms with Crippen molar-refractivity contribution in [2.75, 3.05) is 0 Å². The Kier molecular flexibility index (Phi) is 4.88. The zero-order valence-electron chi connectivity index (χ0n) is 10.2. The lowest BCUT2D eigenvalue weighted by Gasteiger charge is -2.12. The van der Waals surface area contributed by atoms with E-state index in [1.54, 1.807) is 18.2 Å². The highest BCUT2D eigenvalue weighted by Gasteiger charge is 2.17. The molecular formula is C13H10BCl2FO3. The molecule has 0 fully saturated rings. The standard InChI is InChI=1S/C13H10BCl2FO3/c15-11-2-1-3-12(13(11)16)20-7-8-4-5-9(17)6-10(8)14(18)19/h1-6,18-19H,7H2. The highest BCUT2D eigenvalue weighted by atomic mass is 35.5. The molecule has 20 heavy (non-hydrogen) atoms. The molecule has 0 aliphatic rings. The first-order valence-electron chi connectivity index (χ1n) is 5.70. The molecule has 0 aromatic heterocycles. The average Bonchev–Trinajstić information content (AvgIpc) is 2.41. The van der Waals surface area contributed by atoms with Gasteiger partial charge in [0.15, 0.2) is 0 Å². The number of hydrogen-bond donors (Lipinski definition) is 2. The quantitative estimate of drug-likeness (QED) is 0.852. The molecule has 3 nitrogen and oxygen atoms in total. The van der Waals surface area contributed by atoms with E-state index < -0.39 is 12.9 Å². The number of rotatable bonds is 4. The first-order chi connectivity index (χ1) is 9.49. The average molecular weight is 315 g/mol.